The first-order chi connectivity index (χ1) is 12.6. The van der Waals surface area contributed by atoms with Crippen LogP contribution in [0.3, 0.4) is 0 Å². The van der Waals surface area contributed by atoms with Crippen LogP contribution in [0.5, 0.6) is 0 Å². The first-order valence-electron chi connectivity index (χ1n) is 8.47. The zero-order valence-corrected chi connectivity index (χ0v) is 14.5. The largest absolute Gasteiger partial charge is 0.361 e. The summed E-state index contributed by atoms with van der Waals surface area (Å²) in [5.74, 6) is -0.148. The molecule has 0 radical (unpaired) electrons. The van der Waals surface area contributed by atoms with E-state index >= 15 is 0 Å². The molecule has 26 heavy (non-hydrogen) atoms. The van der Waals surface area contributed by atoms with Gasteiger partial charge in [-0.25, -0.2) is 4.39 Å². The summed E-state index contributed by atoms with van der Waals surface area (Å²) in [4.78, 5) is 17.1. The van der Waals surface area contributed by atoms with Crippen LogP contribution in [0.15, 0.2) is 59.3 Å². The lowest BCUT2D eigenvalue weighted by Crippen LogP contribution is -2.32. The Morgan fingerprint density at radius 1 is 1.19 bits per heavy atom. The van der Waals surface area contributed by atoms with Gasteiger partial charge in [-0.3, -0.25) is 9.78 Å². The number of carbonyl (C=O) groups is 1. The van der Waals surface area contributed by atoms with Crippen LogP contribution in [0.2, 0.25) is 0 Å². The Morgan fingerprint density at radius 2 is 2.00 bits per heavy atom. The van der Waals surface area contributed by atoms with Gasteiger partial charge in [0.15, 0.2) is 0 Å². The van der Waals surface area contributed by atoms with Gasteiger partial charge in [0.05, 0.1) is 11.6 Å². The van der Waals surface area contributed by atoms with Crippen molar-refractivity contribution >= 4 is 5.91 Å². The van der Waals surface area contributed by atoms with Gasteiger partial charge in [-0.2, -0.15) is 0 Å². The molecule has 1 aromatic carbocycles. The van der Waals surface area contributed by atoms with Crippen LogP contribution in [0.1, 0.15) is 28.6 Å². The number of nitrogens with one attached hydrogen (secondary N) is 1. The number of amides is 1. The molecule has 0 spiro atoms. The Hall–Kier alpha value is -3.02. The first kappa shape index (κ1) is 17.8. The van der Waals surface area contributed by atoms with Crippen LogP contribution < -0.4 is 5.32 Å². The summed E-state index contributed by atoms with van der Waals surface area (Å²) in [5, 5.41) is 6.85. The third kappa shape index (κ3) is 4.75. The van der Waals surface area contributed by atoms with Gasteiger partial charge in [0.25, 0.3) is 0 Å². The highest BCUT2D eigenvalue weighted by atomic mass is 19.1. The molecule has 1 atom stereocenters. The fraction of sp³-hybridized carbons (Fsp3) is 0.250. The van der Waals surface area contributed by atoms with E-state index in [9.17, 15) is 9.18 Å². The monoisotopic (exact) mass is 353 g/mol. The van der Waals surface area contributed by atoms with Crippen LogP contribution in [0.4, 0.5) is 4.39 Å². The molecule has 6 heteroatoms. The van der Waals surface area contributed by atoms with Crippen molar-refractivity contribution in [1.82, 2.24) is 15.5 Å². The molecule has 0 saturated carbocycles. The Bertz CT molecular complexity index is 847. The zero-order valence-electron chi connectivity index (χ0n) is 14.5. The maximum Gasteiger partial charge on any atom is 0.227 e. The average Bonchev–Trinajstić information content (AvgIpc) is 3.06. The van der Waals surface area contributed by atoms with Crippen LogP contribution in [0, 0.1) is 12.7 Å². The molecule has 2 aromatic heterocycles. The van der Waals surface area contributed by atoms with Gasteiger partial charge in [0.2, 0.25) is 5.91 Å². The molecule has 0 aliphatic heterocycles. The normalized spacial score (nSPS) is 11.9. The van der Waals surface area contributed by atoms with Crippen LogP contribution in [-0.4, -0.2) is 22.6 Å². The summed E-state index contributed by atoms with van der Waals surface area (Å²) < 4.78 is 18.3. The molecule has 1 amide bonds. The quantitative estimate of drug-likeness (QED) is 0.708. The minimum atomic E-state index is -0.440. The van der Waals surface area contributed by atoms with Crippen LogP contribution in [-0.2, 0) is 17.6 Å². The van der Waals surface area contributed by atoms with Crippen molar-refractivity contribution in [2.75, 3.05) is 6.54 Å². The lowest BCUT2D eigenvalue weighted by molar-refractivity contribution is -0.122. The fourth-order valence-corrected chi connectivity index (χ4v) is 2.76. The summed E-state index contributed by atoms with van der Waals surface area (Å²) in [5.41, 5.74) is 2.36. The Balaban J connectivity index is 1.69. The van der Waals surface area contributed by atoms with Crippen molar-refractivity contribution in [3.05, 3.63) is 83.3 Å². The molecular formula is C20H20FN3O2. The molecule has 1 unspecified atom stereocenters. The Labute approximate surface area is 151 Å². The third-order valence-electron chi connectivity index (χ3n) is 4.09. The molecule has 1 N–H and O–H groups in total. The summed E-state index contributed by atoms with van der Waals surface area (Å²) in [6.45, 7) is 2.28. The molecular weight excluding hydrogens is 333 g/mol. The summed E-state index contributed by atoms with van der Waals surface area (Å²) in [6.07, 6.45) is 2.73. The minimum absolute atomic E-state index is 0.123. The van der Waals surface area contributed by atoms with Gasteiger partial charge in [0.1, 0.15) is 11.6 Å². The maximum absolute atomic E-state index is 13.2. The molecule has 0 aliphatic rings. The summed E-state index contributed by atoms with van der Waals surface area (Å²) >= 11 is 0. The van der Waals surface area contributed by atoms with Crippen LogP contribution >= 0.6 is 0 Å². The van der Waals surface area contributed by atoms with Crippen molar-refractivity contribution in [2.24, 2.45) is 0 Å². The lowest BCUT2D eigenvalue weighted by atomic mass is 9.93. The molecule has 5 nitrogen and oxygen atoms in total. The third-order valence-corrected chi connectivity index (χ3v) is 4.09. The Kier molecular flexibility index (Phi) is 5.73. The number of hydrogen-bond donors (Lipinski definition) is 1. The van der Waals surface area contributed by atoms with Gasteiger partial charge in [0, 0.05) is 37.3 Å². The van der Waals surface area contributed by atoms with Crippen molar-refractivity contribution in [3.8, 4) is 0 Å². The topological polar surface area (TPSA) is 68.0 Å². The molecule has 0 saturated heterocycles. The second kappa shape index (κ2) is 8.38. The van der Waals surface area contributed by atoms with Gasteiger partial charge in [-0.1, -0.05) is 23.4 Å². The predicted octanol–water partition coefficient (Wildman–Crippen LogP) is 3.20. The number of benzene rings is 1. The molecule has 3 rings (SSSR count). The van der Waals surface area contributed by atoms with E-state index in [4.69, 9.17) is 4.52 Å². The number of hydrogen-bond acceptors (Lipinski definition) is 4. The number of carbonyl (C=O) groups excluding carboxylic acids is 1. The number of halogens is 1. The molecule has 3 aromatic rings. The summed E-state index contributed by atoms with van der Waals surface area (Å²) in [7, 11) is 0. The van der Waals surface area contributed by atoms with Crippen LogP contribution in [0.25, 0.3) is 0 Å². The minimum Gasteiger partial charge on any atom is -0.361 e. The highest BCUT2D eigenvalue weighted by Gasteiger charge is 2.21. The second-order valence-corrected chi connectivity index (χ2v) is 6.10. The highest BCUT2D eigenvalue weighted by Crippen LogP contribution is 2.21. The van der Waals surface area contributed by atoms with E-state index in [1.807, 2.05) is 31.2 Å². The maximum atomic E-state index is 13.2. The van der Waals surface area contributed by atoms with Crippen molar-refractivity contribution < 1.29 is 13.7 Å². The van der Waals surface area contributed by atoms with Crippen molar-refractivity contribution in [3.63, 3.8) is 0 Å². The van der Waals surface area contributed by atoms with Crippen molar-refractivity contribution in [1.29, 1.82) is 0 Å². The predicted molar refractivity (Wildman–Crippen MR) is 95.0 cm³/mol. The van der Waals surface area contributed by atoms with E-state index in [1.54, 1.807) is 18.3 Å². The highest BCUT2D eigenvalue weighted by molar-refractivity contribution is 5.83. The second-order valence-electron chi connectivity index (χ2n) is 6.10. The molecule has 134 valence electrons. The number of aryl methyl sites for hydroxylation is 1. The zero-order chi connectivity index (χ0) is 18.4. The fourth-order valence-electron chi connectivity index (χ4n) is 2.76. The van der Waals surface area contributed by atoms with Gasteiger partial charge >= 0.3 is 0 Å². The molecule has 0 fully saturated rings. The number of pyridine rings is 1. The summed E-state index contributed by atoms with van der Waals surface area (Å²) in [6, 6.07) is 13.5. The van der Waals surface area contributed by atoms with E-state index < -0.39 is 5.92 Å². The van der Waals surface area contributed by atoms with Gasteiger partial charge in [-0.15, -0.1) is 0 Å². The van der Waals surface area contributed by atoms with E-state index in [2.05, 4.69) is 15.5 Å². The van der Waals surface area contributed by atoms with Gasteiger partial charge in [-0.05, 0) is 36.8 Å². The number of nitrogens with zero attached hydrogens (tertiary/aromatic N) is 2. The molecule has 0 aliphatic carbocycles. The molecule has 0 bridgehead atoms. The van der Waals surface area contributed by atoms with E-state index in [1.165, 1.54) is 12.1 Å². The van der Waals surface area contributed by atoms with E-state index in [-0.39, 0.29) is 11.7 Å². The lowest BCUT2D eigenvalue weighted by Gasteiger charge is -2.17. The standard InChI is InChI=1S/C20H20FN3O2/c1-14-12-18(24-26-14)9-11-23-20(25)19(13-17-4-2-3-10-22-17)15-5-7-16(21)8-6-15/h2-8,10,12,19H,9,11,13H2,1H3,(H,23,25). The Morgan fingerprint density at radius 3 is 2.65 bits per heavy atom. The molecule has 2 heterocycles. The number of rotatable bonds is 7. The first-order valence-corrected chi connectivity index (χ1v) is 8.47. The number of aromatic nitrogens is 2. The smallest absolute Gasteiger partial charge is 0.227 e. The average molecular weight is 353 g/mol. The van der Waals surface area contributed by atoms with E-state index in [0.717, 1.165) is 22.7 Å². The van der Waals surface area contributed by atoms with Crippen molar-refractivity contribution in [2.45, 2.75) is 25.7 Å². The SMILES string of the molecule is Cc1cc(CCNC(=O)C(Cc2ccccn2)c2ccc(F)cc2)no1. The van der Waals surface area contributed by atoms with Gasteiger partial charge < -0.3 is 9.84 Å². The van der Waals surface area contributed by atoms with E-state index in [0.29, 0.717) is 19.4 Å².